The lowest BCUT2D eigenvalue weighted by Gasteiger charge is -2.25. The summed E-state index contributed by atoms with van der Waals surface area (Å²) in [5.74, 6) is 0.988. The van der Waals surface area contributed by atoms with Crippen LogP contribution < -0.4 is 5.73 Å². The summed E-state index contributed by atoms with van der Waals surface area (Å²) in [5, 5.41) is 0. The fourth-order valence-corrected chi connectivity index (χ4v) is 2.83. The van der Waals surface area contributed by atoms with Gasteiger partial charge in [0, 0.05) is 25.2 Å². The van der Waals surface area contributed by atoms with Crippen LogP contribution in [0.2, 0.25) is 0 Å². The Morgan fingerprint density at radius 2 is 1.84 bits per heavy atom. The smallest absolute Gasteiger partial charge is 0.0171 e. The molecular formula is C17H26N2. The Balaban J connectivity index is 1.42. The number of nitrogens with two attached hydrogens (primary N) is 1. The summed E-state index contributed by atoms with van der Waals surface area (Å²) in [6.07, 6.45) is 7.92. The molecule has 0 spiro atoms. The van der Waals surface area contributed by atoms with Crippen LogP contribution in [0.3, 0.4) is 0 Å². The zero-order valence-electron chi connectivity index (χ0n) is 11.8. The molecule has 2 fully saturated rings. The Bertz CT molecular complexity index is 382. The Labute approximate surface area is 117 Å². The van der Waals surface area contributed by atoms with Crippen molar-refractivity contribution in [1.82, 2.24) is 4.90 Å². The Kier molecular flexibility index (Phi) is 4.19. The summed E-state index contributed by atoms with van der Waals surface area (Å²) < 4.78 is 0. The Morgan fingerprint density at radius 3 is 2.47 bits per heavy atom. The third-order valence-electron chi connectivity index (χ3n) is 4.37. The Morgan fingerprint density at radius 1 is 1.11 bits per heavy atom. The molecule has 0 aromatic heterocycles. The van der Waals surface area contributed by atoms with Crippen molar-refractivity contribution < 1.29 is 0 Å². The number of hydrogen-bond acceptors (Lipinski definition) is 2. The van der Waals surface area contributed by atoms with Crippen molar-refractivity contribution in [2.75, 3.05) is 13.1 Å². The monoisotopic (exact) mass is 258 g/mol. The van der Waals surface area contributed by atoms with Crippen molar-refractivity contribution in [2.45, 2.75) is 50.6 Å². The molecule has 2 nitrogen and oxygen atoms in total. The predicted octanol–water partition coefficient (Wildman–Crippen LogP) is 2.82. The molecule has 19 heavy (non-hydrogen) atoms. The molecule has 2 saturated carbocycles. The molecule has 2 heteroatoms. The van der Waals surface area contributed by atoms with Crippen molar-refractivity contribution in [3.05, 3.63) is 35.9 Å². The van der Waals surface area contributed by atoms with Gasteiger partial charge in [-0.15, -0.1) is 0 Å². The fraction of sp³-hybridized carbons (Fsp3) is 0.647. The highest BCUT2D eigenvalue weighted by Gasteiger charge is 2.34. The highest BCUT2D eigenvalue weighted by molar-refractivity contribution is 5.14. The summed E-state index contributed by atoms with van der Waals surface area (Å²) in [6.45, 7) is 2.41. The largest absolute Gasteiger partial charge is 0.327 e. The third-order valence-corrected chi connectivity index (χ3v) is 4.37. The molecule has 2 N–H and O–H groups in total. The van der Waals surface area contributed by atoms with Crippen molar-refractivity contribution in [3.63, 3.8) is 0 Å². The zero-order valence-corrected chi connectivity index (χ0v) is 11.8. The molecule has 0 aliphatic heterocycles. The van der Waals surface area contributed by atoms with E-state index in [1.54, 1.807) is 0 Å². The van der Waals surface area contributed by atoms with Crippen LogP contribution in [0.5, 0.6) is 0 Å². The zero-order chi connectivity index (χ0) is 13.1. The van der Waals surface area contributed by atoms with E-state index in [4.69, 9.17) is 5.73 Å². The molecule has 0 heterocycles. The second kappa shape index (κ2) is 6.06. The summed E-state index contributed by atoms with van der Waals surface area (Å²) >= 11 is 0. The predicted molar refractivity (Wildman–Crippen MR) is 80.1 cm³/mol. The van der Waals surface area contributed by atoms with Gasteiger partial charge in [0.1, 0.15) is 0 Å². The first-order chi connectivity index (χ1) is 9.31. The van der Waals surface area contributed by atoms with Crippen molar-refractivity contribution in [3.8, 4) is 0 Å². The molecule has 2 aliphatic carbocycles. The van der Waals surface area contributed by atoms with E-state index in [9.17, 15) is 0 Å². The summed E-state index contributed by atoms with van der Waals surface area (Å²) in [4.78, 5) is 2.67. The van der Waals surface area contributed by atoms with Crippen LogP contribution in [-0.2, 0) is 6.42 Å². The molecule has 1 aromatic carbocycles. The Hall–Kier alpha value is -0.860. The van der Waals surface area contributed by atoms with E-state index in [1.807, 2.05) is 0 Å². The van der Waals surface area contributed by atoms with Crippen molar-refractivity contribution >= 4 is 0 Å². The number of aryl methyl sites for hydroxylation is 1. The summed E-state index contributed by atoms with van der Waals surface area (Å²) in [6, 6.07) is 11.9. The van der Waals surface area contributed by atoms with Gasteiger partial charge in [-0.2, -0.15) is 0 Å². The van der Waals surface area contributed by atoms with E-state index in [0.717, 1.165) is 31.3 Å². The van der Waals surface area contributed by atoms with Gasteiger partial charge in [0.25, 0.3) is 0 Å². The van der Waals surface area contributed by atoms with E-state index in [1.165, 1.54) is 37.8 Å². The van der Waals surface area contributed by atoms with Gasteiger partial charge in [0.05, 0.1) is 0 Å². The second-order valence-corrected chi connectivity index (χ2v) is 6.41. The molecular weight excluding hydrogens is 232 g/mol. The normalized spacial score (nSPS) is 20.7. The number of rotatable bonds is 8. The lowest BCUT2D eigenvalue weighted by molar-refractivity contribution is 0.233. The highest BCUT2D eigenvalue weighted by Crippen LogP contribution is 2.34. The standard InChI is InChI=1S/C17H26N2/c18-16(9-8-14-4-2-1-3-5-14)13-19(17-10-11-17)12-15-6-7-15/h1-5,15-17H,6-13,18H2. The van der Waals surface area contributed by atoms with E-state index < -0.39 is 0 Å². The van der Waals surface area contributed by atoms with E-state index in [-0.39, 0.29) is 0 Å². The number of nitrogens with zero attached hydrogens (tertiary/aromatic N) is 1. The number of hydrogen-bond donors (Lipinski definition) is 1. The quantitative estimate of drug-likeness (QED) is 0.777. The lowest BCUT2D eigenvalue weighted by atomic mass is 10.1. The van der Waals surface area contributed by atoms with Crippen molar-refractivity contribution in [1.29, 1.82) is 0 Å². The van der Waals surface area contributed by atoms with Crippen molar-refractivity contribution in [2.24, 2.45) is 11.7 Å². The molecule has 3 rings (SSSR count). The van der Waals surface area contributed by atoms with Gasteiger partial charge in [0.15, 0.2) is 0 Å². The minimum Gasteiger partial charge on any atom is -0.327 e. The van der Waals surface area contributed by atoms with Crippen LogP contribution in [0.25, 0.3) is 0 Å². The first-order valence-electron chi connectivity index (χ1n) is 7.85. The number of benzene rings is 1. The first-order valence-corrected chi connectivity index (χ1v) is 7.85. The maximum absolute atomic E-state index is 6.34. The third kappa shape index (κ3) is 4.32. The summed E-state index contributed by atoms with van der Waals surface area (Å²) in [5.41, 5.74) is 7.76. The van der Waals surface area contributed by atoms with Gasteiger partial charge in [-0.3, -0.25) is 4.90 Å². The second-order valence-electron chi connectivity index (χ2n) is 6.41. The van der Waals surface area contributed by atoms with Gasteiger partial charge in [-0.1, -0.05) is 30.3 Å². The molecule has 0 radical (unpaired) electrons. The van der Waals surface area contributed by atoms with Crippen LogP contribution >= 0.6 is 0 Å². The van der Waals surface area contributed by atoms with Gasteiger partial charge in [-0.05, 0) is 50.0 Å². The van der Waals surface area contributed by atoms with Crippen LogP contribution in [-0.4, -0.2) is 30.1 Å². The molecule has 0 amide bonds. The van der Waals surface area contributed by atoms with Gasteiger partial charge in [0.2, 0.25) is 0 Å². The van der Waals surface area contributed by atoms with Crippen LogP contribution in [0, 0.1) is 5.92 Å². The highest BCUT2D eigenvalue weighted by atomic mass is 15.2. The minimum atomic E-state index is 0.333. The van der Waals surface area contributed by atoms with E-state index in [0.29, 0.717) is 6.04 Å². The molecule has 1 aromatic rings. The SMILES string of the molecule is NC(CCc1ccccc1)CN(CC1CC1)C1CC1. The average Bonchev–Trinajstić information content (AvgIpc) is 3.28. The molecule has 0 saturated heterocycles. The van der Waals surface area contributed by atoms with E-state index in [2.05, 4.69) is 35.2 Å². The topological polar surface area (TPSA) is 29.3 Å². The van der Waals surface area contributed by atoms with Gasteiger partial charge in [-0.25, -0.2) is 0 Å². The van der Waals surface area contributed by atoms with Crippen LogP contribution in [0.4, 0.5) is 0 Å². The average molecular weight is 258 g/mol. The maximum atomic E-state index is 6.34. The summed E-state index contributed by atoms with van der Waals surface area (Å²) in [7, 11) is 0. The molecule has 1 unspecified atom stereocenters. The fourth-order valence-electron chi connectivity index (χ4n) is 2.83. The molecule has 2 aliphatic rings. The lowest BCUT2D eigenvalue weighted by Crippen LogP contribution is -2.40. The maximum Gasteiger partial charge on any atom is 0.0171 e. The van der Waals surface area contributed by atoms with E-state index >= 15 is 0 Å². The van der Waals surface area contributed by atoms with Crippen LogP contribution in [0.15, 0.2) is 30.3 Å². The molecule has 1 atom stereocenters. The minimum absolute atomic E-state index is 0.333. The molecule has 0 bridgehead atoms. The van der Waals surface area contributed by atoms with Gasteiger partial charge < -0.3 is 5.73 Å². The first kappa shape index (κ1) is 13.1. The van der Waals surface area contributed by atoms with Crippen LogP contribution in [0.1, 0.15) is 37.7 Å². The molecule has 104 valence electrons. The van der Waals surface area contributed by atoms with Gasteiger partial charge >= 0.3 is 0 Å².